The van der Waals surface area contributed by atoms with Crippen LogP contribution < -0.4 is 5.32 Å². The summed E-state index contributed by atoms with van der Waals surface area (Å²) in [6.07, 6.45) is 0.723. The highest BCUT2D eigenvalue weighted by atomic mass is 16.6. The lowest BCUT2D eigenvalue weighted by atomic mass is 10.1. The van der Waals surface area contributed by atoms with E-state index in [4.69, 9.17) is 43.0 Å². The van der Waals surface area contributed by atoms with Crippen molar-refractivity contribution in [3.05, 3.63) is 35.4 Å². The minimum atomic E-state index is -0.880. The van der Waals surface area contributed by atoms with Crippen LogP contribution >= 0.6 is 0 Å². The Labute approximate surface area is 235 Å². The highest BCUT2D eigenvalue weighted by Gasteiger charge is 2.04. The summed E-state index contributed by atoms with van der Waals surface area (Å²) in [6.45, 7) is 7.12. The second-order valence-corrected chi connectivity index (χ2v) is 8.04. The summed E-state index contributed by atoms with van der Waals surface area (Å²) in [6, 6.07) is 6.40. The van der Waals surface area contributed by atoms with Crippen molar-refractivity contribution in [2.24, 2.45) is 0 Å². The summed E-state index contributed by atoms with van der Waals surface area (Å²) in [5.41, 5.74) is 1.02. The van der Waals surface area contributed by atoms with Gasteiger partial charge in [-0.2, -0.15) is 0 Å². The molecule has 0 saturated heterocycles. The predicted molar refractivity (Wildman–Crippen MR) is 143 cm³/mol. The number of aliphatic carboxylic acids is 1. The van der Waals surface area contributed by atoms with E-state index < -0.39 is 5.97 Å². The molecule has 1 aromatic rings. The molecule has 0 heterocycles. The molecule has 13 heteroatoms. The highest BCUT2D eigenvalue weighted by molar-refractivity contribution is 5.94. The van der Waals surface area contributed by atoms with E-state index in [2.05, 4.69) is 5.32 Å². The summed E-state index contributed by atoms with van der Waals surface area (Å²) in [5, 5.41) is 11.2. The van der Waals surface area contributed by atoms with Gasteiger partial charge >= 0.3 is 5.97 Å². The summed E-state index contributed by atoms with van der Waals surface area (Å²) in [7, 11) is 0. The molecule has 0 aliphatic carbocycles. The average molecular weight is 574 g/mol. The van der Waals surface area contributed by atoms with Gasteiger partial charge in [-0.25, -0.2) is 0 Å². The molecule has 0 atom stereocenters. The lowest BCUT2D eigenvalue weighted by Crippen LogP contribution is -2.27. The Morgan fingerprint density at radius 3 is 1.27 bits per heavy atom. The zero-order chi connectivity index (χ0) is 28.9. The van der Waals surface area contributed by atoms with Gasteiger partial charge in [0.05, 0.1) is 112 Å². The van der Waals surface area contributed by atoms with Crippen LogP contribution in [0.2, 0.25) is 0 Å². The highest BCUT2D eigenvalue weighted by Crippen LogP contribution is 2.02. The van der Waals surface area contributed by atoms with Gasteiger partial charge in [-0.1, -0.05) is 12.1 Å². The van der Waals surface area contributed by atoms with Crippen molar-refractivity contribution in [3.8, 4) is 0 Å². The maximum Gasteiger partial charge on any atom is 0.305 e. The van der Waals surface area contributed by atoms with Crippen molar-refractivity contribution >= 4 is 18.2 Å². The van der Waals surface area contributed by atoms with Crippen LogP contribution in [0.3, 0.4) is 0 Å². The standard InChI is InChI=1S/C27H43NO12/c29-23-24-1-3-25(4-2-24)27(32)28-6-8-34-10-12-36-14-16-38-18-20-40-22-21-39-19-17-37-15-13-35-11-9-33-7-5-26(30)31/h1-4,23H,5-22H2,(H,28,32)(H,30,31). The SMILES string of the molecule is O=Cc1ccc(C(=O)NCCOCCOCCOCCOCCOCCOCCOCCOCCC(=O)O)cc1. The van der Waals surface area contributed by atoms with Crippen LogP contribution in [-0.2, 0) is 42.7 Å². The molecule has 0 spiro atoms. The van der Waals surface area contributed by atoms with Gasteiger partial charge in [-0.05, 0) is 12.1 Å². The van der Waals surface area contributed by atoms with Crippen molar-refractivity contribution < 1.29 is 57.4 Å². The van der Waals surface area contributed by atoms with Gasteiger partial charge in [0.15, 0.2) is 0 Å². The van der Waals surface area contributed by atoms with Crippen LogP contribution in [-0.4, -0.2) is 136 Å². The van der Waals surface area contributed by atoms with Crippen LogP contribution in [0, 0.1) is 0 Å². The first kappa shape index (κ1) is 35.5. The molecule has 1 aromatic carbocycles. The Hall–Kier alpha value is -2.49. The fourth-order valence-corrected chi connectivity index (χ4v) is 2.85. The molecule has 2 N–H and O–H groups in total. The van der Waals surface area contributed by atoms with Crippen molar-refractivity contribution in [1.29, 1.82) is 0 Å². The zero-order valence-electron chi connectivity index (χ0n) is 23.1. The van der Waals surface area contributed by atoms with Crippen LogP contribution in [0.4, 0.5) is 0 Å². The molecule has 0 radical (unpaired) electrons. The Balaban J connectivity index is 1.70. The van der Waals surface area contributed by atoms with Crippen molar-refractivity contribution in [1.82, 2.24) is 5.32 Å². The van der Waals surface area contributed by atoms with E-state index in [-0.39, 0.29) is 18.9 Å². The monoisotopic (exact) mass is 573 g/mol. The van der Waals surface area contributed by atoms with E-state index >= 15 is 0 Å². The minimum Gasteiger partial charge on any atom is -0.481 e. The fraction of sp³-hybridized carbons (Fsp3) is 0.667. The Kier molecular flexibility index (Phi) is 23.7. The molecule has 0 aliphatic rings. The second kappa shape index (κ2) is 26.7. The van der Waals surface area contributed by atoms with Crippen LogP contribution in [0.1, 0.15) is 27.1 Å². The first-order chi connectivity index (χ1) is 19.6. The van der Waals surface area contributed by atoms with Gasteiger partial charge in [0, 0.05) is 17.7 Å². The van der Waals surface area contributed by atoms with E-state index in [0.29, 0.717) is 117 Å². The van der Waals surface area contributed by atoms with Crippen LogP contribution in [0.25, 0.3) is 0 Å². The second-order valence-electron chi connectivity index (χ2n) is 8.04. The number of carboxylic acids is 1. The summed E-state index contributed by atoms with van der Waals surface area (Å²) < 4.78 is 42.9. The molecule has 0 fully saturated rings. The van der Waals surface area contributed by atoms with E-state index in [0.717, 1.165) is 6.29 Å². The topological polar surface area (TPSA) is 157 Å². The third-order valence-corrected chi connectivity index (χ3v) is 4.91. The summed E-state index contributed by atoms with van der Waals surface area (Å²) in [5.74, 6) is -1.10. The number of hydrogen-bond acceptors (Lipinski definition) is 11. The van der Waals surface area contributed by atoms with Crippen LogP contribution in [0.15, 0.2) is 24.3 Å². The van der Waals surface area contributed by atoms with E-state index in [1.54, 1.807) is 24.3 Å². The molecule has 0 aliphatic heterocycles. The van der Waals surface area contributed by atoms with Gasteiger partial charge in [0.2, 0.25) is 0 Å². The number of nitrogens with one attached hydrogen (secondary N) is 1. The van der Waals surface area contributed by atoms with Crippen LogP contribution in [0.5, 0.6) is 0 Å². The maximum absolute atomic E-state index is 12.0. The number of carbonyl (C=O) groups excluding carboxylic acids is 2. The van der Waals surface area contributed by atoms with Crippen molar-refractivity contribution in [3.63, 3.8) is 0 Å². The van der Waals surface area contributed by atoms with E-state index in [1.165, 1.54) is 0 Å². The number of hydrogen-bond donors (Lipinski definition) is 2. The average Bonchev–Trinajstić information content (AvgIpc) is 2.96. The van der Waals surface area contributed by atoms with Gasteiger partial charge < -0.3 is 48.3 Å². The summed E-state index contributed by atoms with van der Waals surface area (Å²) in [4.78, 5) is 32.9. The van der Waals surface area contributed by atoms with E-state index in [1.807, 2.05) is 0 Å². The largest absolute Gasteiger partial charge is 0.481 e. The quantitative estimate of drug-likeness (QED) is 0.103. The number of carboxylic acid groups (broad SMARTS) is 1. The molecular formula is C27H43NO12. The fourth-order valence-electron chi connectivity index (χ4n) is 2.85. The number of amides is 1. The molecule has 0 bridgehead atoms. The molecule has 40 heavy (non-hydrogen) atoms. The van der Waals surface area contributed by atoms with Crippen molar-refractivity contribution in [2.75, 3.05) is 112 Å². The first-order valence-electron chi connectivity index (χ1n) is 13.3. The number of rotatable bonds is 29. The number of benzene rings is 1. The Morgan fingerprint density at radius 1 is 0.575 bits per heavy atom. The number of aldehydes is 1. The molecule has 0 aromatic heterocycles. The molecule has 1 rings (SSSR count). The number of carbonyl (C=O) groups is 3. The molecular weight excluding hydrogens is 530 g/mol. The zero-order valence-corrected chi connectivity index (χ0v) is 23.1. The molecule has 0 saturated carbocycles. The molecule has 13 nitrogen and oxygen atoms in total. The third-order valence-electron chi connectivity index (χ3n) is 4.91. The van der Waals surface area contributed by atoms with Gasteiger partial charge in [-0.3, -0.25) is 14.4 Å². The molecule has 1 amide bonds. The van der Waals surface area contributed by atoms with Gasteiger partial charge in [-0.15, -0.1) is 0 Å². The first-order valence-corrected chi connectivity index (χ1v) is 13.3. The smallest absolute Gasteiger partial charge is 0.305 e. The maximum atomic E-state index is 12.0. The Bertz CT molecular complexity index is 762. The third kappa shape index (κ3) is 22.3. The Morgan fingerprint density at radius 2 is 0.925 bits per heavy atom. The lowest BCUT2D eigenvalue weighted by molar-refractivity contribution is -0.138. The minimum absolute atomic E-state index is 0.00806. The van der Waals surface area contributed by atoms with E-state index in [9.17, 15) is 14.4 Å². The van der Waals surface area contributed by atoms with Crippen molar-refractivity contribution in [2.45, 2.75) is 6.42 Å². The van der Waals surface area contributed by atoms with Gasteiger partial charge in [0.1, 0.15) is 6.29 Å². The lowest BCUT2D eigenvalue weighted by Gasteiger charge is -2.09. The molecule has 0 unspecified atom stereocenters. The van der Waals surface area contributed by atoms with Gasteiger partial charge in [0.25, 0.3) is 5.91 Å². The number of ether oxygens (including phenoxy) is 8. The normalized spacial score (nSPS) is 11.0. The predicted octanol–water partition coefficient (Wildman–Crippen LogP) is 0.836. The molecule has 228 valence electrons. The summed E-state index contributed by atoms with van der Waals surface area (Å²) >= 11 is 0.